The van der Waals surface area contributed by atoms with E-state index in [9.17, 15) is 4.39 Å². The third-order valence-electron chi connectivity index (χ3n) is 2.57. The van der Waals surface area contributed by atoms with E-state index in [0.717, 1.165) is 0 Å². The van der Waals surface area contributed by atoms with Crippen LogP contribution in [0.5, 0.6) is 5.75 Å². The van der Waals surface area contributed by atoms with E-state index in [4.69, 9.17) is 27.5 Å². The Hall–Kier alpha value is -2.07. The zero-order valence-electron chi connectivity index (χ0n) is 9.99. The van der Waals surface area contributed by atoms with Crippen LogP contribution in [0.1, 0.15) is 11.1 Å². The first-order chi connectivity index (χ1) is 9.06. The Kier molecular flexibility index (Phi) is 4.02. The number of hydrogen-bond donors (Lipinski definition) is 2. The number of rotatable bonds is 4. The molecule has 0 aromatic heterocycles. The predicted molar refractivity (Wildman–Crippen MR) is 73.2 cm³/mol. The predicted octanol–water partition coefficient (Wildman–Crippen LogP) is 3.34. The maximum Gasteiger partial charge on any atom is 0.130 e. The van der Waals surface area contributed by atoms with Gasteiger partial charge in [0.2, 0.25) is 0 Å². The molecule has 0 unspecified atom stereocenters. The molecule has 0 atom stereocenters. The molecule has 98 valence electrons. The molecule has 3 nitrogen and oxygen atoms in total. The fraction of sp³-hybridized carbons (Fsp3) is 0.0714. The summed E-state index contributed by atoms with van der Waals surface area (Å²) in [5.41, 5.74) is 6.04. The van der Waals surface area contributed by atoms with Gasteiger partial charge in [-0.1, -0.05) is 23.7 Å². The van der Waals surface area contributed by atoms with Crippen LogP contribution >= 0.6 is 11.6 Å². The Labute approximate surface area is 115 Å². The average molecular weight is 279 g/mol. The molecule has 3 N–H and O–H groups in total. The minimum absolute atomic E-state index is 0.103. The van der Waals surface area contributed by atoms with Gasteiger partial charge in [-0.05, 0) is 30.3 Å². The van der Waals surface area contributed by atoms with E-state index in [1.54, 1.807) is 36.4 Å². The Balaban J connectivity index is 2.07. The number of ether oxygens (including phenoxy) is 1. The van der Waals surface area contributed by atoms with Crippen molar-refractivity contribution < 1.29 is 9.13 Å². The summed E-state index contributed by atoms with van der Waals surface area (Å²) in [6.07, 6.45) is 0. The van der Waals surface area contributed by atoms with Crippen LogP contribution < -0.4 is 10.5 Å². The average Bonchev–Trinajstić information content (AvgIpc) is 2.39. The summed E-state index contributed by atoms with van der Waals surface area (Å²) in [6.45, 7) is 0.103. The summed E-state index contributed by atoms with van der Waals surface area (Å²) in [5, 5.41) is 7.84. The highest BCUT2D eigenvalue weighted by atomic mass is 35.5. The Morgan fingerprint density at radius 1 is 1.21 bits per heavy atom. The lowest BCUT2D eigenvalue weighted by Crippen LogP contribution is -2.12. The first kappa shape index (κ1) is 13.4. The van der Waals surface area contributed by atoms with Gasteiger partial charge in [-0.15, -0.1) is 0 Å². The first-order valence-corrected chi connectivity index (χ1v) is 5.95. The Morgan fingerprint density at radius 3 is 2.47 bits per heavy atom. The van der Waals surface area contributed by atoms with Crippen LogP contribution in [0.15, 0.2) is 42.5 Å². The first-order valence-electron chi connectivity index (χ1n) is 5.57. The quantitative estimate of drug-likeness (QED) is 0.666. The van der Waals surface area contributed by atoms with E-state index >= 15 is 0 Å². The van der Waals surface area contributed by atoms with E-state index in [1.807, 2.05) is 0 Å². The Morgan fingerprint density at radius 2 is 1.89 bits per heavy atom. The van der Waals surface area contributed by atoms with E-state index in [-0.39, 0.29) is 12.4 Å². The molecule has 2 aromatic carbocycles. The molecule has 0 aliphatic heterocycles. The van der Waals surface area contributed by atoms with Crippen LogP contribution in [0.25, 0.3) is 0 Å². The number of hydrogen-bond acceptors (Lipinski definition) is 2. The standard InChI is InChI=1S/C14H12ClFN2O/c15-11-3-5-12(6-4-11)19-8-10-2-1-9(14(17)18)7-13(10)16/h1-7H,8H2,(H3,17,18). The van der Waals surface area contributed by atoms with Gasteiger partial charge in [-0.3, -0.25) is 5.41 Å². The molecule has 0 saturated carbocycles. The molecule has 0 radical (unpaired) electrons. The molecule has 2 rings (SSSR count). The molecule has 0 fully saturated rings. The van der Waals surface area contributed by atoms with Crippen LogP contribution in [0, 0.1) is 11.2 Å². The lowest BCUT2D eigenvalue weighted by atomic mass is 10.1. The van der Waals surface area contributed by atoms with Crippen LogP contribution in [-0.2, 0) is 6.61 Å². The van der Waals surface area contributed by atoms with Gasteiger partial charge in [0.05, 0.1) is 0 Å². The van der Waals surface area contributed by atoms with Crippen molar-refractivity contribution in [3.63, 3.8) is 0 Å². The molecule has 0 spiro atoms. The van der Waals surface area contributed by atoms with E-state index < -0.39 is 5.82 Å². The number of nitrogens with one attached hydrogen (secondary N) is 1. The number of halogens is 2. The van der Waals surface area contributed by atoms with Gasteiger partial charge >= 0.3 is 0 Å². The van der Waals surface area contributed by atoms with Crippen molar-refractivity contribution in [1.82, 2.24) is 0 Å². The van der Waals surface area contributed by atoms with E-state index in [1.165, 1.54) is 6.07 Å². The van der Waals surface area contributed by atoms with Crippen molar-refractivity contribution in [1.29, 1.82) is 5.41 Å². The molecule has 0 bridgehead atoms. The molecule has 0 aliphatic rings. The van der Waals surface area contributed by atoms with Gasteiger partial charge in [0.25, 0.3) is 0 Å². The highest BCUT2D eigenvalue weighted by molar-refractivity contribution is 6.30. The maximum atomic E-state index is 13.7. The molecule has 19 heavy (non-hydrogen) atoms. The summed E-state index contributed by atoms with van der Waals surface area (Å²) in [7, 11) is 0. The smallest absolute Gasteiger partial charge is 0.130 e. The van der Waals surface area contributed by atoms with Gasteiger partial charge < -0.3 is 10.5 Å². The second-order valence-electron chi connectivity index (χ2n) is 3.96. The van der Waals surface area contributed by atoms with Crippen LogP contribution in [0.2, 0.25) is 5.02 Å². The van der Waals surface area contributed by atoms with Crippen LogP contribution in [0.3, 0.4) is 0 Å². The van der Waals surface area contributed by atoms with E-state index in [2.05, 4.69) is 0 Å². The summed E-state index contributed by atoms with van der Waals surface area (Å²) in [4.78, 5) is 0. The molecule has 0 saturated heterocycles. The van der Waals surface area contributed by atoms with Crippen LogP contribution in [0.4, 0.5) is 4.39 Å². The van der Waals surface area contributed by atoms with Crippen molar-refractivity contribution in [3.8, 4) is 5.75 Å². The fourth-order valence-electron chi connectivity index (χ4n) is 1.52. The van der Waals surface area contributed by atoms with Gasteiger partial charge in [-0.25, -0.2) is 4.39 Å². The van der Waals surface area contributed by atoms with Crippen molar-refractivity contribution in [2.45, 2.75) is 6.61 Å². The van der Waals surface area contributed by atoms with Crippen molar-refractivity contribution >= 4 is 17.4 Å². The second kappa shape index (κ2) is 5.71. The third kappa shape index (κ3) is 3.45. The fourth-order valence-corrected chi connectivity index (χ4v) is 1.65. The maximum absolute atomic E-state index is 13.7. The van der Waals surface area contributed by atoms with Crippen molar-refractivity contribution in [2.75, 3.05) is 0 Å². The van der Waals surface area contributed by atoms with Crippen LogP contribution in [-0.4, -0.2) is 5.84 Å². The normalized spacial score (nSPS) is 10.2. The molecule has 2 aromatic rings. The van der Waals surface area contributed by atoms with Crippen molar-refractivity contribution in [2.24, 2.45) is 5.73 Å². The number of amidine groups is 1. The summed E-state index contributed by atoms with van der Waals surface area (Å²) < 4.78 is 19.2. The zero-order valence-corrected chi connectivity index (χ0v) is 10.7. The monoisotopic (exact) mass is 278 g/mol. The lowest BCUT2D eigenvalue weighted by Gasteiger charge is -2.08. The lowest BCUT2D eigenvalue weighted by molar-refractivity contribution is 0.300. The summed E-state index contributed by atoms with van der Waals surface area (Å²) in [6, 6.07) is 11.2. The van der Waals surface area contributed by atoms with Gasteiger partial charge in [0, 0.05) is 16.1 Å². The van der Waals surface area contributed by atoms with Gasteiger partial charge in [0.1, 0.15) is 24.0 Å². The largest absolute Gasteiger partial charge is 0.489 e. The van der Waals surface area contributed by atoms with E-state index in [0.29, 0.717) is 21.9 Å². The van der Waals surface area contributed by atoms with Gasteiger partial charge in [-0.2, -0.15) is 0 Å². The molecular formula is C14H12ClFN2O. The molecular weight excluding hydrogens is 267 g/mol. The number of nitrogen functional groups attached to an aromatic ring is 1. The number of nitrogens with two attached hydrogens (primary N) is 1. The van der Waals surface area contributed by atoms with Crippen molar-refractivity contribution in [3.05, 3.63) is 64.4 Å². The third-order valence-corrected chi connectivity index (χ3v) is 2.82. The molecule has 0 aliphatic carbocycles. The molecule has 0 amide bonds. The molecule has 5 heteroatoms. The number of benzene rings is 2. The summed E-state index contributed by atoms with van der Waals surface area (Å²) in [5.74, 6) is 0.00479. The minimum Gasteiger partial charge on any atom is -0.489 e. The topological polar surface area (TPSA) is 59.1 Å². The SMILES string of the molecule is N=C(N)c1ccc(COc2ccc(Cl)cc2)c(F)c1. The van der Waals surface area contributed by atoms with Gasteiger partial charge in [0.15, 0.2) is 0 Å². The minimum atomic E-state index is -0.443. The Bertz CT molecular complexity index is 599. The second-order valence-corrected chi connectivity index (χ2v) is 4.40. The molecule has 0 heterocycles. The highest BCUT2D eigenvalue weighted by Crippen LogP contribution is 2.18. The zero-order chi connectivity index (χ0) is 13.8. The summed E-state index contributed by atoms with van der Waals surface area (Å²) >= 11 is 5.75. The highest BCUT2D eigenvalue weighted by Gasteiger charge is 2.06.